The van der Waals surface area contributed by atoms with E-state index in [9.17, 15) is 29.2 Å². The molecule has 1 atom stereocenters. The van der Waals surface area contributed by atoms with Crippen LogP contribution < -0.4 is 15.0 Å². The minimum absolute atomic E-state index is 0.0408. The first kappa shape index (κ1) is 39.4. The third-order valence-corrected chi connectivity index (χ3v) is 15.1. The van der Waals surface area contributed by atoms with Gasteiger partial charge in [-0.2, -0.15) is 5.26 Å². The Labute approximate surface area is 360 Å². The van der Waals surface area contributed by atoms with Gasteiger partial charge in [-0.05, 0) is 91.7 Å². The highest BCUT2D eigenvalue weighted by molar-refractivity contribution is 6.31. The molecule has 2 saturated carbocycles. The summed E-state index contributed by atoms with van der Waals surface area (Å²) >= 11 is 6.30. The van der Waals surface area contributed by atoms with Gasteiger partial charge in [-0.25, -0.2) is 0 Å². The molecule has 3 aromatic carbocycles. The first-order valence-electron chi connectivity index (χ1n) is 21.2. The summed E-state index contributed by atoms with van der Waals surface area (Å²) in [4.78, 5) is 72.3. The summed E-state index contributed by atoms with van der Waals surface area (Å²) in [6.45, 7) is 12.9. The highest BCUT2D eigenvalue weighted by Crippen LogP contribution is 2.59. The molecule has 1 spiro atoms. The van der Waals surface area contributed by atoms with E-state index in [0.29, 0.717) is 51.4 Å². The molecule has 0 bridgehead atoms. The zero-order valence-electron chi connectivity index (χ0n) is 34.7. The molecule has 3 aromatic rings. The molecule has 61 heavy (non-hydrogen) atoms. The number of nitrogens with one attached hydrogen (secondary N) is 1. The molecule has 0 radical (unpaired) electrons. The smallest absolute Gasteiger partial charge is 0.262 e. The van der Waals surface area contributed by atoms with E-state index in [-0.39, 0.29) is 41.7 Å². The fourth-order valence-corrected chi connectivity index (χ4v) is 12.3. The van der Waals surface area contributed by atoms with Crippen LogP contribution in [0.15, 0.2) is 54.6 Å². The minimum Gasteiger partial charge on any atom is -0.489 e. The Morgan fingerprint density at radius 2 is 1.61 bits per heavy atom. The van der Waals surface area contributed by atoms with Gasteiger partial charge >= 0.3 is 0 Å². The van der Waals surface area contributed by atoms with Gasteiger partial charge in [-0.1, -0.05) is 51.1 Å². The van der Waals surface area contributed by atoms with Gasteiger partial charge in [0.15, 0.2) is 0 Å². The van der Waals surface area contributed by atoms with Gasteiger partial charge in [-0.15, -0.1) is 0 Å². The number of fused-ring (bicyclic) bond motifs is 2. The Balaban J connectivity index is 0.721. The summed E-state index contributed by atoms with van der Waals surface area (Å²) in [6, 6.07) is 17.9. The largest absolute Gasteiger partial charge is 0.489 e. The van der Waals surface area contributed by atoms with Crippen molar-refractivity contribution in [3.8, 4) is 23.7 Å². The van der Waals surface area contributed by atoms with Crippen molar-refractivity contribution >= 4 is 46.8 Å². The second kappa shape index (κ2) is 13.9. The number of hydrogen-bond donors (Lipinski definition) is 1. The van der Waals surface area contributed by atoms with E-state index >= 15 is 0 Å². The molecule has 5 aliphatic heterocycles. The lowest BCUT2D eigenvalue weighted by Gasteiger charge is -2.65. The van der Waals surface area contributed by atoms with Crippen molar-refractivity contribution in [2.75, 3.05) is 31.1 Å². The van der Waals surface area contributed by atoms with E-state index in [1.807, 2.05) is 23.1 Å². The highest BCUT2D eigenvalue weighted by Gasteiger charge is 2.67. The predicted molar refractivity (Wildman–Crippen MR) is 226 cm³/mol. The van der Waals surface area contributed by atoms with Gasteiger partial charge in [0.05, 0.1) is 21.7 Å². The number of hydrogen-bond acceptors (Lipinski definition) is 9. The van der Waals surface area contributed by atoms with E-state index in [0.717, 1.165) is 72.7 Å². The number of imide groups is 2. The molecular weight excluding hydrogens is 792 g/mol. The van der Waals surface area contributed by atoms with Crippen molar-refractivity contribution in [2.24, 2.45) is 22.2 Å². The highest BCUT2D eigenvalue weighted by atomic mass is 35.5. The van der Waals surface area contributed by atoms with Crippen molar-refractivity contribution in [1.82, 2.24) is 20.0 Å². The van der Waals surface area contributed by atoms with E-state index in [1.54, 1.807) is 30.3 Å². The molecule has 13 heteroatoms. The summed E-state index contributed by atoms with van der Waals surface area (Å²) in [7, 11) is 0. The normalized spacial score (nSPS) is 26.2. The fourth-order valence-electron chi connectivity index (χ4n) is 12.1. The molecule has 7 aliphatic rings. The number of halogens is 1. The number of anilines is 1. The molecule has 10 rings (SSSR count). The molecule has 1 unspecified atom stereocenters. The monoisotopic (exact) mass is 838 g/mol. The number of likely N-dealkylation sites (tertiary alicyclic amines) is 1. The summed E-state index contributed by atoms with van der Waals surface area (Å²) in [5, 5.41) is 11.9. The van der Waals surface area contributed by atoms with Crippen LogP contribution in [0.3, 0.4) is 0 Å². The van der Waals surface area contributed by atoms with Crippen molar-refractivity contribution in [3.05, 3.63) is 93.0 Å². The number of piperidine rings is 1. The fraction of sp³-hybridized carbons (Fsp3) is 0.458. The molecule has 5 heterocycles. The number of ether oxygens (including phenoxy) is 1. The molecule has 5 fully saturated rings. The molecule has 3 saturated heterocycles. The summed E-state index contributed by atoms with van der Waals surface area (Å²) < 4.78 is 6.49. The molecule has 0 aromatic heterocycles. The van der Waals surface area contributed by atoms with Crippen LogP contribution in [0.4, 0.5) is 5.69 Å². The Kier molecular flexibility index (Phi) is 9.00. The SMILES string of the molecule is CC1(C)[C@H](Oc2ccc(C#N)c(Cl)c2)C(C)(C)[C@H]1N1Cc2cc(C#CC3CC4(CCN(C5CN(c6ccc7c(c6)C(=O)N(C6CCC(=O)NC6=O)C7=O)C5)C4)C3)ccc2C1=O. The van der Waals surface area contributed by atoms with Gasteiger partial charge in [-0.3, -0.25) is 39.1 Å². The molecule has 2 aliphatic carbocycles. The number of carbonyl (C=O) groups is 5. The van der Waals surface area contributed by atoms with Crippen molar-refractivity contribution in [3.63, 3.8) is 0 Å². The zero-order chi connectivity index (χ0) is 42.7. The molecule has 5 amide bonds. The summed E-state index contributed by atoms with van der Waals surface area (Å²) in [5.74, 6) is 6.02. The van der Waals surface area contributed by atoms with Crippen LogP contribution in [0.2, 0.25) is 5.02 Å². The molecular formula is C48H47ClN6O6. The average Bonchev–Trinajstić information content (AvgIpc) is 3.83. The van der Waals surface area contributed by atoms with Crippen molar-refractivity contribution in [1.29, 1.82) is 5.26 Å². The summed E-state index contributed by atoms with van der Waals surface area (Å²) in [6.07, 6.45) is 3.38. The van der Waals surface area contributed by atoms with Gasteiger partial charge in [0, 0.05) is 84.3 Å². The Morgan fingerprint density at radius 1 is 0.869 bits per heavy atom. The Morgan fingerprint density at radius 3 is 2.33 bits per heavy atom. The lowest BCUT2D eigenvalue weighted by molar-refractivity contribution is -0.199. The number of benzene rings is 3. The first-order chi connectivity index (χ1) is 29.1. The van der Waals surface area contributed by atoms with E-state index in [4.69, 9.17) is 16.3 Å². The van der Waals surface area contributed by atoms with Crippen LogP contribution in [0.1, 0.15) is 108 Å². The van der Waals surface area contributed by atoms with Gasteiger partial charge < -0.3 is 14.5 Å². The van der Waals surface area contributed by atoms with Crippen LogP contribution in [-0.2, 0) is 16.1 Å². The third kappa shape index (κ3) is 6.24. The molecule has 1 N–H and O–H groups in total. The van der Waals surface area contributed by atoms with E-state index in [2.05, 4.69) is 66.8 Å². The van der Waals surface area contributed by atoms with Crippen LogP contribution in [-0.4, -0.2) is 94.6 Å². The van der Waals surface area contributed by atoms with Crippen molar-refractivity contribution in [2.45, 2.75) is 90.6 Å². The minimum atomic E-state index is -0.974. The van der Waals surface area contributed by atoms with Crippen LogP contribution >= 0.6 is 11.6 Å². The summed E-state index contributed by atoms with van der Waals surface area (Å²) in [5.41, 5.74) is 4.19. The Hall–Kier alpha value is -5.69. The predicted octanol–water partition coefficient (Wildman–Crippen LogP) is 5.79. The second-order valence-corrected chi connectivity index (χ2v) is 19.8. The van der Waals surface area contributed by atoms with E-state index < -0.39 is 29.7 Å². The number of nitrogens with zero attached hydrogens (tertiary/aromatic N) is 5. The molecule has 12 nitrogen and oxygen atoms in total. The second-order valence-electron chi connectivity index (χ2n) is 19.4. The van der Waals surface area contributed by atoms with Gasteiger partial charge in [0.1, 0.15) is 24.0 Å². The topological polar surface area (TPSA) is 143 Å². The van der Waals surface area contributed by atoms with Gasteiger partial charge in [0.2, 0.25) is 11.8 Å². The maximum absolute atomic E-state index is 13.8. The van der Waals surface area contributed by atoms with Gasteiger partial charge in [0.25, 0.3) is 17.7 Å². The number of carbonyl (C=O) groups excluding carboxylic acids is 5. The lowest BCUT2D eigenvalue weighted by atomic mass is 9.49. The Bertz CT molecular complexity index is 2560. The van der Waals surface area contributed by atoms with Crippen molar-refractivity contribution < 1.29 is 28.7 Å². The van der Waals surface area contributed by atoms with Crippen LogP contribution in [0.25, 0.3) is 0 Å². The van der Waals surface area contributed by atoms with Crippen LogP contribution in [0, 0.1) is 45.3 Å². The van der Waals surface area contributed by atoms with E-state index in [1.165, 1.54) is 0 Å². The first-order valence-corrected chi connectivity index (χ1v) is 21.6. The quantitative estimate of drug-likeness (QED) is 0.241. The number of amides is 5. The zero-order valence-corrected chi connectivity index (χ0v) is 35.5. The number of rotatable bonds is 6. The third-order valence-electron chi connectivity index (χ3n) is 14.7. The number of nitriles is 1. The maximum atomic E-state index is 13.8. The average molecular weight is 839 g/mol. The lowest BCUT2D eigenvalue weighted by Crippen LogP contribution is -2.74. The van der Waals surface area contributed by atoms with Crippen LogP contribution in [0.5, 0.6) is 5.75 Å². The molecule has 312 valence electrons. The maximum Gasteiger partial charge on any atom is 0.262 e. The standard InChI is InChI=1S/C48H47ClN6O6/c1-46(2)44(47(3,4)45(46)61-33-10-8-29(22-50)37(49)19-33)54-23-30-17-27(7-11-34(30)41(54)58)5-6-28-20-48(21-28)15-16-52(26-48)32-24-53(25-32)31-9-12-35-36(18-31)43(60)55(42(35)59)38-13-14-39(56)51-40(38)57/h7-12,17-19,28,32,38,44-45H,13-16,20-21,23-26H2,1-4H3,(H,51,56,57)/t28?,38?,44-,45-,48?.